The quantitative estimate of drug-likeness (QED) is 0.824. The Morgan fingerprint density at radius 3 is 2.43 bits per heavy atom. The van der Waals surface area contributed by atoms with Crippen LogP contribution in [0.2, 0.25) is 0 Å². The van der Waals surface area contributed by atoms with E-state index in [1.165, 1.54) is 5.56 Å². The summed E-state index contributed by atoms with van der Waals surface area (Å²) < 4.78 is 0. The Kier molecular flexibility index (Phi) is 5.12. The first-order chi connectivity index (χ1) is 13.7. The largest absolute Gasteiger partial charge is 0.339 e. The van der Waals surface area contributed by atoms with Gasteiger partial charge in [-0.15, -0.1) is 0 Å². The molecule has 2 amide bonds. The van der Waals surface area contributed by atoms with Gasteiger partial charge in [0.25, 0.3) is 5.91 Å². The molecule has 0 radical (unpaired) electrons. The highest BCUT2D eigenvalue weighted by atomic mass is 16.2. The number of carbonyl (C=O) groups excluding carboxylic acids is 2. The Hall–Kier alpha value is -3.13. The van der Waals surface area contributed by atoms with E-state index in [-0.39, 0.29) is 11.8 Å². The maximum absolute atomic E-state index is 12.8. The molecule has 0 aromatic heterocycles. The van der Waals surface area contributed by atoms with Crippen LogP contribution in [-0.2, 0) is 4.79 Å². The minimum absolute atomic E-state index is 0.0449. The molecule has 2 aliphatic rings. The van der Waals surface area contributed by atoms with Crippen LogP contribution in [0.5, 0.6) is 0 Å². The minimum Gasteiger partial charge on any atom is -0.339 e. The van der Waals surface area contributed by atoms with Gasteiger partial charge in [-0.05, 0) is 67.1 Å². The van der Waals surface area contributed by atoms with E-state index in [1.54, 1.807) is 4.90 Å². The van der Waals surface area contributed by atoms with Crippen molar-refractivity contribution >= 4 is 17.5 Å². The lowest BCUT2D eigenvalue weighted by molar-refractivity contribution is -0.117. The van der Waals surface area contributed by atoms with Crippen molar-refractivity contribution in [2.45, 2.75) is 31.6 Å². The highest BCUT2D eigenvalue weighted by Gasteiger charge is 2.26. The molecule has 28 heavy (non-hydrogen) atoms. The average Bonchev–Trinajstić information content (AvgIpc) is 3.19. The van der Waals surface area contributed by atoms with Gasteiger partial charge in [-0.1, -0.05) is 12.1 Å². The highest BCUT2D eigenvalue weighted by Crippen LogP contribution is 2.29. The molecule has 0 spiro atoms. The molecule has 2 aromatic rings. The fourth-order valence-corrected chi connectivity index (χ4v) is 4.17. The standard InChI is InChI=1S/C23H23N3O2/c24-16-17-3-1-4-20(15-17)18-10-13-25(14-11-18)23(28)19-6-8-21(9-7-19)26-12-2-5-22(26)27/h1,3-4,6-9,15,18H,2,5,10-14H2. The third kappa shape index (κ3) is 3.63. The van der Waals surface area contributed by atoms with E-state index in [4.69, 9.17) is 5.26 Å². The summed E-state index contributed by atoms with van der Waals surface area (Å²) in [6.45, 7) is 2.19. The molecule has 5 nitrogen and oxygen atoms in total. The molecule has 2 fully saturated rings. The first-order valence-electron chi connectivity index (χ1n) is 9.85. The molecule has 0 unspecified atom stereocenters. The third-order valence-corrected chi connectivity index (χ3v) is 5.77. The molecule has 2 aliphatic heterocycles. The lowest BCUT2D eigenvalue weighted by Gasteiger charge is -2.32. The van der Waals surface area contributed by atoms with Gasteiger partial charge in [0.15, 0.2) is 0 Å². The van der Waals surface area contributed by atoms with E-state index in [0.29, 0.717) is 36.6 Å². The molecule has 0 atom stereocenters. The molecule has 5 heteroatoms. The zero-order valence-corrected chi connectivity index (χ0v) is 15.8. The zero-order chi connectivity index (χ0) is 19.5. The first-order valence-corrected chi connectivity index (χ1v) is 9.85. The third-order valence-electron chi connectivity index (χ3n) is 5.77. The van der Waals surface area contributed by atoms with Gasteiger partial charge in [0.05, 0.1) is 11.6 Å². The van der Waals surface area contributed by atoms with Gasteiger partial charge in [0.2, 0.25) is 5.91 Å². The van der Waals surface area contributed by atoms with Crippen molar-refractivity contribution < 1.29 is 9.59 Å². The summed E-state index contributed by atoms with van der Waals surface area (Å²) >= 11 is 0. The van der Waals surface area contributed by atoms with Crippen molar-refractivity contribution in [2.24, 2.45) is 0 Å². The number of anilines is 1. The zero-order valence-electron chi connectivity index (χ0n) is 15.8. The summed E-state index contributed by atoms with van der Waals surface area (Å²) in [7, 11) is 0. The van der Waals surface area contributed by atoms with E-state index in [0.717, 1.165) is 31.5 Å². The van der Waals surface area contributed by atoms with Crippen LogP contribution < -0.4 is 4.90 Å². The summed E-state index contributed by atoms with van der Waals surface area (Å²) in [6, 6.07) is 17.4. The van der Waals surface area contributed by atoms with Crippen LogP contribution in [0.3, 0.4) is 0 Å². The summed E-state index contributed by atoms with van der Waals surface area (Å²) in [5.41, 5.74) is 3.41. The number of hydrogen-bond donors (Lipinski definition) is 0. The predicted octanol–water partition coefficient (Wildman–Crippen LogP) is 3.70. The summed E-state index contributed by atoms with van der Waals surface area (Å²) in [6.07, 6.45) is 3.31. The van der Waals surface area contributed by atoms with Gasteiger partial charge in [-0.25, -0.2) is 0 Å². The minimum atomic E-state index is 0.0449. The summed E-state index contributed by atoms with van der Waals surface area (Å²) in [4.78, 5) is 28.4. The van der Waals surface area contributed by atoms with Crippen LogP contribution in [0.25, 0.3) is 0 Å². The number of rotatable bonds is 3. The van der Waals surface area contributed by atoms with Crippen molar-refractivity contribution in [1.82, 2.24) is 4.90 Å². The maximum atomic E-state index is 12.8. The van der Waals surface area contributed by atoms with Crippen LogP contribution >= 0.6 is 0 Å². The topological polar surface area (TPSA) is 64.4 Å². The average molecular weight is 373 g/mol. The first kappa shape index (κ1) is 18.2. The van der Waals surface area contributed by atoms with Crippen LogP contribution in [-0.4, -0.2) is 36.3 Å². The lowest BCUT2D eigenvalue weighted by atomic mass is 9.88. The molecule has 2 saturated heterocycles. The number of nitriles is 1. The fourth-order valence-electron chi connectivity index (χ4n) is 4.17. The predicted molar refractivity (Wildman–Crippen MR) is 107 cm³/mol. The van der Waals surface area contributed by atoms with Gasteiger partial charge in [0, 0.05) is 37.3 Å². The number of likely N-dealkylation sites (tertiary alicyclic amines) is 1. The Morgan fingerprint density at radius 2 is 1.79 bits per heavy atom. The Labute approximate surface area is 165 Å². The molecule has 0 bridgehead atoms. The Morgan fingerprint density at radius 1 is 1.04 bits per heavy atom. The Bertz CT molecular complexity index is 922. The molecular formula is C23H23N3O2. The van der Waals surface area contributed by atoms with Crippen LogP contribution in [0.1, 0.15) is 53.1 Å². The van der Waals surface area contributed by atoms with Gasteiger partial charge >= 0.3 is 0 Å². The Balaban J connectivity index is 1.38. The van der Waals surface area contributed by atoms with Crippen molar-refractivity contribution in [2.75, 3.05) is 24.5 Å². The second-order valence-corrected chi connectivity index (χ2v) is 7.50. The van der Waals surface area contributed by atoms with E-state index in [1.807, 2.05) is 47.4 Å². The molecular weight excluding hydrogens is 350 g/mol. The van der Waals surface area contributed by atoms with Crippen molar-refractivity contribution in [3.63, 3.8) is 0 Å². The number of piperidine rings is 1. The van der Waals surface area contributed by atoms with E-state index in [9.17, 15) is 9.59 Å². The van der Waals surface area contributed by atoms with Crippen molar-refractivity contribution in [3.8, 4) is 6.07 Å². The maximum Gasteiger partial charge on any atom is 0.253 e. The molecule has 0 aliphatic carbocycles. The SMILES string of the molecule is N#Cc1cccc(C2CCN(C(=O)c3ccc(N4CCCC4=O)cc3)CC2)c1. The number of benzene rings is 2. The van der Waals surface area contributed by atoms with Crippen LogP contribution in [0, 0.1) is 11.3 Å². The molecule has 2 aromatic carbocycles. The van der Waals surface area contributed by atoms with Crippen LogP contribution in [0.4, 0.5) is 5.69 Å². The molecule has 4 rings (SSSR count). The molecule has 0 saturated carbocycles. The normalized spacial score (nSPS) is 17.6. The van der Waals surface area contributed by atoms with E-state index in [2.05, 4.69) is 12.1 Å². The molecule has 142 valence electrons. The summed E-state index contributed by atoms with van der Waals surface area (Å²) in [5.74, 6) is 0.589. The van der Waals surface area contributed by atoms with Crippen LogP contribution in [0.15, 0.2) is 48.5 Å². The van der Waals surface area contributed by atoms with Crippen molar-refractivity contribution in [3.05, 3.63) is 65.2 Å². The highest BCUT2D eigenvalue weighted by molar-refractivity contribution is 5.97. The molecule has 0 N–H and O–H groups in total. The smallest absolute Gasteiger partial charge is 0.253 e. The second-order valence-electron chi connectivity index (χ2n) is 7.50. The van der Waals surface area contributed by atoms with Gasteiger partial charge in [0.1, 0.15) is 0 Å². The van der Waals surface area contributed by atoms with E-state index < -0.39 is 0 Å². The number of hydrogen-bond acceptors (Lipinski definition) is 3. The lowest BCUT2D eigenvalue weighted by Crippen LogP contribution is -2.38. The van der Waals surface area contributed by atoms with E-state index >= 15 is 0 Å². The van der Waals surface area contributed by atoms with Gasteiger partial charge in [-0.2, -0.15) is 5.26 Å². The van der Waals surface area contributed by atoms with Gasteiger partial charge < -0.3 is 9.80 Å². The second kappa shape index (κ2) is 7.85. The van der Waals surface area contributed by atoms with Crippen molar-refractivity contribution in [1.29, 1.82) is 5.26 Å². The fraction of sp³-hybridized carbons (Fsp3) is 0.348. The monoisotopic (exact) mass is 373 g/mol. The number of carbonyl (C=O) groups is 2. The summed E-state index contributed by atoms with van der Waals surface area (Å²) in [5, 5.41) is 9.08. The molecule has 2 heterocycles. The van der Waals surface area contributed by atoms with Gasteiger partial charge in [-0.3, -0.25) is 9.59 Å². The number of amides is 2. The number of nitrogens with zero attached hydrogens (tertiary/aromatic N) is 3.